The average Bonchev–Trinajstić information content (AvgIpc) is 2.42. The summed E-state index contributed by atoms with van der Waals surface area (Å²) in [5.74, 6) is 1.42. The molecule has 1 aromatic carbocycles. The van der Waals surface area contributed by atoms with E-state index in [-0.39, 0.29) is 0 Å². The monoisotopic (exact) mass is 273 g/mol. The summed E-state index contributed by atoms with van der Waals surface area (Å²) in [6.07, 6.45) is 8.84. The van der Waals surface area contributed by atoms with Crippen molar-refractivity contribution < 1.29 is 0 Å². The molecule has 20 heavy (non-hydrogen) atoms. The topological polar surface area (TPSA) is 50.4 Å². The Kier molecular flexibility index (Phi) is 6.42. The van der Waals surface area contributed by atoms with Gasteiger partial charge in [0.1, 0.15) is 0 Å². The predicted octanol–water partition coefficient (Wildman–Crippen LogP) is 3.10. The molecule has 1 aliphatic carbocycles. The van der Waals surface area contributed by atoms with Gasteiger partial charge in [0.25, 0.3) is 0 Å². The van der Waals surface area contributed by atoms with Gasteiger partial charge in [0, 0.05) is 13.1 Å². The maximum absolute atomic E-state index is 5.85. The van der Waals surface area contributed by atoms with E-state index in [0.29, 0.717) is 5.96 Å². The lowest BCUT2D eigenvalue weighted by Crippen LogP contribution is -2.33. The summed E-state index contributed by atoms with van der Waals surface area (Å²) in [6, 6.07) is 10.7. The molecule has 1 aliphatic rings. The molecule has 0 heterocycles. The quantitative estimate of drug-likeness (QED) is 0.434. The van der Waals surface area contributed by atoms with Crippen molar-refractivity contribution in [3.8, 4) is 0 Å². The number of nitrogens with one attached hydrogen (secondary N) is 1. The summed E-state index contributed by atoms with van der Waals surface area (Å²) < 4.78 is 0. The van der Waals surface area contributed by atoms with Crippen LogP contribution in [0.2, 0.25) is 0 Å². The zero-order valence-corrected chi connectivity index (χ0v) is 12.4. The number of hydrogen-bond donors (Lipinski definition) is 2. The smallest absolute Gasteiger partial charge is 0.188 e. The number of aryl methyl sites for hydroxylation is 1. The van der Waals surface area contributed by atoms with Crippen molar-refractivity contribution in [3.05, 3.63) is 35.9 Å². The van der Waals surface area contributed by atoms with Gasteiger partial charge in [-0.15, -0.1) is 0 Å². The Morgan fingerprint density at radius 2 is 1.95 bits per heavy atom. The highest BCUT2D eigenvalue weighted by Gasteiger charge is 2.16. The maximum Gasteiger partial charge on any atom is 0.188 e. The van der Waals surface area contributed by atoms with E-state index in [1.54, 1.807) is 0 Å². The minimum atomic E-state index is 0.625. The van der Waals surface area contributed by atoms with E-state index in [0.717, 1.165) is 25.4 Å². The van der Waals surface area contributed by atoms with Crippen LogP contribution in [0.25, 0.3) is 0 Å². The Morgan fingerprint density at radius 1 is 1.15 bits per heavy atom. The van der Waals surface area contributed by atoms with Gasteiger partial charge in [-0.25, -0.2) is 0 Å². The van der Waals surface area contributed by atoms with Crippen LogP contribution in [0, 0.1) is 5.92 Å². The molecule has 3 nitrogen and oxygen atoms in total. The molecule has 2 rings (SSSR count). The Balaban J connectivity index is 1.46. The van der Waals surface area contributed by atoms with Crippen molar-refractivity contribution in [1.82, 2.24) is 5.32 Å². The van der Waals surface area contributed by atoms with Crippen LogP contribution in [0.5, 0.6) is 0 Å². The van der Waals surface area contributed by atoms with Gasteiger partial charge in [-0.05, 0) is 43.6 Å². The molecule has 0 unspecified atom stereocenters. The summed E-state index contributed by atoms with van der Waals surface area (Å²) in [5.41, 5.74) is 7.28. The zero-order valence-electron chi connectivity index (χ0n) is 12.4. The maximum atomic E-state index is 5.85. The Morgan fingerprint density at radius 3 is 2.65 bits per heavy atom. The second kappa shape index (κ2) is 8.62. The number of unbranched alkanes of at least 4 members (excludes halogenated alkanes) is 2. The van der Waals surface area contributed by atoms with Gasteiger partial charge in [-0.3, -0.25) is 4.99 Å². The standard InChI is InChI=1S/C17H27N3/c18-17(20-14-16-11-7-12-16)19-13-6-2-5-10-15-8-3-1-4-9-15/h1,3-4,8-9,16H,2,5-7,10-14H2,(H3,18,19,20). The molecule has 0 spiro atoms. The van der Waals surface area contributed by atoms with Gasteiger partial charge in [0.2, 0.25) is 0 Å². The van der Waals surface area contributed by atoms with Crippen molar-refractivity contribution in [2.24, 2.45) is 16.6 Å². The van der Waals surface area contributed by atoms with Crippen LogP contribution in [-0.4, -0.2) is 19.0 Å². The van der Waals surface area contributed by atoms with Crippen molar-refractivity contribution in [2.75, 3.05) is 13.1 Å². The number of guanidine groups is 1. The normalized spacial score (nSPS) is 15.9. The van der Waals surface area contributed by atoms with Gasteiger partial charge < -0.3 is 11.1 Å². The Bertz CT molecular complexity index is 396. The summed E-state index contributed by atoms with van der Waals surface area (Å²) in [4.78, 5) is 4.39. The summed E-state index contributed by atoms with van der Waals surface area (Å²) in [6.45, 7) is 1.85. The average molecular weight is 273 g/mol. The number of hydrogen-bond acceptors (Lipinski definition) is 1. The van der Waals surface area contributed by atoms with Crippen LogP contribution < -0.4 is 11.1 Å². The largest absolute Gasteiger partial charge is 0.370 e. The first-order valence-electron chi connectivity index (χ1n) is 7.92. The second-order valence-electron chi connectivity index (χ2n) is 5.75. The van der Waals surface area contributed by atoms with Crippen molar-refractivity contribution in [3.63, 3.8) is 0 Å². The second-order valence-corrected chi connectivity index (χ2v) is 5.75. The first-order valence-corrected chi connectivity index (χ1v) is 7.92. The van der Waals surface area contributed by atoms with Crippen LogP contribution in [0.3, 0.4) is 0 Å². The molecule has 1 aromatic rings. The molecule has 1 saturated carbocycles. The Labute approximate surface area is 122 Å². The summed E-state index contributed by atoms with van der Waals surface area (Å²) >= 11 is 0. The van der Waals surface area contributed by atoms with Crippen molar-refractivity contribution >= 4 is 5.96 Å². The number of aliphatic imine (C=N–C) groups is 1. The van der Waals surface area contributed by atoms with E-state index in [9.17, 15) is 0 Å². The summed E-state index contributed by atoms with van der Waals surface area (Å²) in [7, 11) is 0. The molecule has 3 N–H and O–H groups in total. The van der Waals surface area contributed by atoms with Crippen molar-refractivity contribution in [1.29, 1.82) is 0 Å². The van der Waals surface area contributed by atoms with Gasteiger partial charge >= 0.3 is 0 Å². The first-order chi connectivity index (χ1) is 9.84. The minimum Gasteiger partial charge on any atom is -0.370 e. The van der Waals surface area contributed by atoms with Crippen LogP contribution in [-0.2, 0) is 6.42 Å². The van der Waals surface area contributed by atoms with Gasteiger partial charge in [-0.2, -0.15) is 0 Å². The fraction of sp³-hybridized carbons (Fsp3) is 0.588. The van der Waals surface area contributed by atoms with E-state index in [4.69, 9.17) is 5.73 Å². The third-order valence-electron chi connectivity index (χ3n) is 4.04. The number of nitrogens with zero attached hydrogens (tertiary/aromatic N) is 1. The lowest BCUT2D eigenvalue weighted by Gasteiger charge is -2.23. The van der Waals surface area contributed by atoms with Gasteiger partial charge in [-0.1, -0.05) is 43.2 Å². The minimum absolute atomic E-state index is 0.625. The van der Waals surface area contributed by atoms with Crippen molar-refractivity contribution in [2.45, 2.75) is 44.9 Å². The highest BCUT2D eigenvalue weighted by Crippen LogP contribution is 2.26. The molecule has 110 valence electrons. The molecule has 0 atom stereocenters. The molecule has 0 saturated heterocycles. The van der Waals surface area contributed by atoms with Crippen LogP contribution >= 0.6 is 0 Å². The zero-order chi connectivity index (χ0) is 14.0. The molecular weight excluding hydrogens is 246 g/mol. The highest BCUT2D eigenvalue weighted by molar-refractivity contribution is 5.77. The summed E-state index contributed by atoms with van der Waals surface area (Å²) in [5, 5.41) is 3.21. The lowest BCUT2D eigenvalue weighted by atomic mass is 9.86. The molecule has 0 bridgehead atoms. The van der Waals surface area contributed by atoms with Crippen LogP contribution in [0.4, 0.5) is 0 Å². The molecule has 0 aliphatic heterocycles. The first kappa shape index (κ1) is 14.9. The molecular formula is C17H27N3. The predicted molar refractivity (Wildman–Crippen MR) is 85.8 cm³/mol. The molecule has 1 fully saturated rings. The van der Waals surface area contributed by atoms with Crippen LogP contribution in [0.15, 0.2) is 35.3 Å². The lowest BCUT2D eigenvalue weighted by molar-refractivity contribution is 0.326. The molecule has 3 heteroatoms. The highest BCUT2D eigenvalue weighted by atomic mass is 15.1. The fourth-order valence-electron chi connectivity index (χ4n) is 2.45. The Hall–Kier alpha value is -1.51. The van der Waals surface area contributed by atoms with E-state index < -0.39 is 0 Å². The van der Waals surface area contributed by atoms with E-state index in [1.165, 1.54) is 44.1 Å². The van der Waals surface area contributed by atoms with E-state index in [2.05, 4.69) is 40.6 Å². The SMILES string of the molecule is NC(=NCC1CCC1)NCCCCCc1ccccc1. The third-order valence-corrected chi connectivity index (χ3v) is 4.04. The number of benzene rings is 1. The molecule has 0 amide bonds. The van der Waals surface area contributed by atoms with Gasteiger partial charge in [0.15, 0.2) is 5.96 Å². The fourth-order valence-corrected chi connectivity index (χ4v) is 2.45. The van der Waals surface area contributed by atoms with E-state index in [1.807, 2.05) is 0 Å². The molecule has 0 aromatic heterocycles. The third kappa shape index (κ3) is 5.64. The number of nitrogens with two attached hydrogens (primary N) is 1. The van der Waals surface area contributed by atoms with Gasteiger partial charge in [0.05, 0.1) is 0 Å². The molecule has 0 radical (unpaired) electrons. The van der Waals surface area contributed by atoms with Crippen LogP contribution in [0.1, 0.15) is 44.1 Å². The van der Waals surface area contributed by atoms with E-state index >= 15 is 0 Å². The number of rotatable bonds is 8.